The topological polar surface area (TPSA) is 24.7 Å². The van der Waals surface area contributed by atoms with E-state index in [9.17, 15) is 0 Å². The minimum Gasteiger partial charge on any atom is -0.154 e. The largest absolute Gasteiger partial charge is 0.154 e. The standard InChI is InChI=1S/C4H6N2/c1-3-4(2)6-5-3/h1-2H3. The van der Waals surface area contributed by atoms with Crippen molar-refractivity contribution in [3.8, 4) is 0 Å². The second-order valence-electron chi connectivity index (χ2n) is 1.37. The number of azo groups is 1. The fraction of sp³-hybridized carbons (Fsp3) is 0.500. The molecular weight excluding hydrogens is 76.1 g/mol. The van der Waals surface area contributed by atoms with Gasteiger partial charge in [0.1, 0.15) is 0 Å². The second-order valence-corrected chi connectivity index (χ2v) is 1.37. The molecule has 0 radical (unpaired) electrons. The highest BCUT2D eigenvalue weighted by molar-refractivity contribution is 5.11. The summed E-state index contributed by atoms with van der Waals surface area (Å²) in [6, 6.07) is 0. The van der Waals surface area contributed by atoms with Gasteiger partial charge >= 0.3 is 0 Å². The van der Waals surface area contributed by atoms with Crippen molar-refractivity contribution in [3.05, 3.63) is 11.4 Å². The first kappa shape index (κ1) is 3.53. The lowest BCUT2D eigenvalue weighted by atomic mass is 10.4. The molecule has 0 amide bonds. The Morgan fingerprint density at radius 2 is 1.33 bits per heavy atom. The molecule has 1 heterocycles. The SMILES string of the molecule is CC1=C(C)N=N1. The first-order valence-electron chi connectivity index (χ1n) is 1.90. The lowest BCUT2D eigenvalue weighted by Crippen LogP contribution is -1.83. The van der Waals surface area contributed by atoms with E-state index in [2.05, 4.69) is 10.2 Å². The maximum absolute atomic E-state index is 3.66. The Kier molecular flexibility index (Phi) is 0.528. The lowest BCUT2D eigenvalue weighted by molar-refractivity contribution is 0.923. The van der Waals surface area contributed by atoms with Crippen molar-refractivity contribution >= 4 is 0 Å². The van der Waals surface area contributed by atoms with Crippen molar-refractivity contribution in [2.45, 2.75) is 13.8 Å². The molecule has 1 aliphatic heterocycles. The third-order valence-corrected chi connectivity index (χ3v) is 0.874. The fourth-order valence-corrected chi connectivity index (χ4v) is 0.250. The highest BCUT2D eigenvalue weighted by Crippen LogP contribution is 2.15. The summed E-state index contributed by atoms with van der Waals surface area (Å²) < 4.78 is 0. The Bertz CT molecular complexity index is 108. The maximum atomic E-state index is 3.66. The molecule has 0 fully saturated rings. The fourth-order valence-electron chi connectivity index (χ4n) is 0.250. The zero-order valence-corrected chi connectivity index (χ0v) is 3.89. The molecule has 1 aliphatic rings. The van der Waals surface area contributed by atoms with E-state index in [1.807, 2.05) is 13.8 Å². The average Bonchev–Trinajstić information content (AvgIpc) is 1.61. The van der Waals surface area contributed by atoms with E-state index in [1.54, 1.807) is 0 Å². The number of nitrogens with zero attached hydrogens (tertiary/aromatic N) is 2. The minimum absolute atomic E-state index is 1.06. The van der Waals surface area contributed by atoms with Gasteiger partial charge in [0, 0.05) is 0 Å². The van der Waals surface area contributed by atoms with Crippen molar-refractivity contribution in [2.75, 3.05) is 0 Å². The van der Waals surface area contributed by atoms with E-state index in [0.29, 0.717) is 0 Å². The van der Waals surface area contributed by atoms with Crippen molar-refractivity contribution in [2.24, 2.45) is 10.2 Å². The summed E-state index contributed by atoms with van der Waals surface area (Å²) in [4.78, 5) is 0. The van der Waals surface area contributed by atoms with Crippen LogP contribution in [0.25, 0.3) is 0 Å². The molecule has 0 unspecified atom stereocenters. The molecule has 6 heavy (non-hydrogen) atoms. The molecule has 32 valence electrons. The number of hydrogen-bond donors (Lipinski definition) is 0. The molecular formula is C4H6N2. The summed E-state index contributed by atoms with van der Waals surface area (Å²) in [6.45, 7) is 3.89. The lowest BCUT2D eigenvalue weighted by Gasteiger charge is -2.00. The summed E-state index contributed by atoms with van der Waals surface area (Å²) in [5.74, 6) is 0. The Labute approximate surface area is 36.6 Å². The van der Waals surface area contributed by atoms with E-state index in [0.717, 1.165) is 11.4 Å². The zero-order chi connectivity index (χ0) is 4.57. The van der Waals surface area contributed by atoms with Crippen LogP contribution in [-0.2, 0) is 0 Å². The van der Waals surface area contributed by atoms with Crippen molar-refractivity contribution < 1.29 is 0 Å². The van der Waals surface area contributed by atoms with Crippen LogP contribution >= 0.6 is 0 Å². The molecule has 0 aromatic carbocycles. The van der Waals surface area contributed by atoms with Gasteiger partial charge in [-0.15, -0.1) is 0 Å². The Morgan fingerprint density at radius 1 is 1.00 bits per heavy atom. The molecule has 0 aromatic heterocycles. The van der Waals surface area contributed by atoms with Crippen LogP contribution in [0, 0.1) is 0 Å². The van der Waals surface area contributed by atoms with Crippen LogP contribution in [0.15, 0.2) is 21.6 Å². The molecule has 0 aliphatic carbocycles. The molecule has 2 heteroatoms. The summed E-state index contributed by atoms with van der Waals surface area (Å²) in [6.07, 6.45) is 0. The minimum atomic E-state index is 1.06. The molecule has 0 saturated heterocycles. The van der Waals surface area contributed by atoms with Crippen LogP contribution in [0.2, 0.25) is 0 Å². The van der Waals surface area contributed by atoms with Gasteiger partial charge in [-0.1, -0.05) is 0 Å². The first-order valence-corrected chi connectivity index (χ1v) is 1.90. The summed E-state index contributed by atoms with van der Waals surface area (Å²) in [5.41, 5.74) is 2.13. The van der Waals surface area contributed by atoms with Gasteiger partial charge in [0.25, 0.3) is 0 Å². The molecule has 0 bridgehead atoms. The van der Waals surface area contributed by atoms with Gasteiger partial charge in [0.05, 0.1) is 11.4 Å². The Morgan fingerprint density at radius 3 is 1.33 bits per heavy atom. The van der Waals surface area contributed by atoms with Gasteiger partial charge in [-0.3, -0.25) is 0 Å². The van der Waals surface area contributed by atoms with Crippen LogP contribution in [0.5, 0.6) is 0 Å². The smallest absolute Gasteiger partial charge is 0.0829 e. The van der Waals surface area contributed by atoms with Crippen LogP contribution < -0.4 is 0 Å². The van der Waals surface area contributed by atoms with Gasteiger partial charge < -0.3 is 0 Å². The van der Waals surface area contributed by atoms with Gasteiger partial charge in [0.15, 0.2) is 0 Å². The first-order chi connectivity index (χ1) is 2.80. The maximum Gasteiger partial charge on any atom is 0.0829 e. The highest BCUT2D eigenvalue weighted by Gasteiger charge is 1.99. The summed E-state index contributed by atoms with van der Waals surface area (Å²) in [7, 11) is 0. The summed E-state index contributed by atoms with van der Waals surface area (Å²) in [5, 5.41) is 7.31. The van der Waals surface area contributed by atoms with Gasteiger partial charge in [-0.2, -0.15) is 10.2 Å². The van der Waals surface area contributed by atoms with Crippen molar-refractivity contribution in [1.82, 2.24) is 0 Å². The van der Waals surface area contributed by atoms with Gasteiger partial charge in [-0.05, 0) is 13.8 Å². The zero-order valence-electron chi connectivity index (χ0n) is 3.89. The van der Waals surface area contributed by atoms with Crippen molar-refractivity contribution in [1.29, 1.82) is 0 Å². The van der Waals surface area contributed by atoms with Crippen LogP contribution in [0.1, 0.15) is 13.8 Å². The molecule has 2 nitrogen and oxygen atoms in total. The monoisotopic (exact) mass is 82.1 g/mol. The van der Waals surface area contributed by atoms with E-state index < -0.39 is 0 Å². The number of rotatable bonds is 0. The molecule has 0 aromatic rings. The van der Waals surface area contributed by atoms with Gasteiger partial charge in [0.2, 0.25) is 0 Å². The molecule has 0 atom stereocenters. The van der Waals surface area contributed by atoms with Crippen LogP contribution in [0.3, 0.4) is 0 Å². The second kappa shape index (κ2) is 0.899. The van der Waals surface area contributed by atoms with E-state index in [4.69, 9.17) is 0 Å². The summed E-state index contributed by atoms with van der Waals surface area (Å²) >= 11 is 0. The molecule has 0 spiro atoms. The van der Waals surface area contributed by atoms with Gasteiger partial charge in [-0.25, -0.2) is 0 Å². The third-order valence-electron chi connectivity index (χ3n) is 0.874. The molecule has 0 saturated carbocycles. The molecule has 0 N–H and O–H groups in total. The highest BCUT2D eigenvalue weighted by atomic mass is 15.2. The Balaban J connectivity index is 2.71. The third kappa shape index (κ3) is 0.263. The van der Waals surface area contributed by atoms with Crippen LogP contribution in [-0.4, -0.2) is 0 Å². The van der Waals surface area contributed by atoms with Crippen molar-refractivity contribution in [3.63, 3.8) is 0 Å². The molecule has 1 rings (SSSR count). The quantitative estimate of drug-likeness (QED) is 0.425. The predicted octanol–water partition coefficient (Wildman–Crippen LogP) is 1.70. The Hall–Kier alpha value is -0.660. The normalized spacial score (nSPS) is 18.3. The average molecular weight is 82.1 g/mol. The van der Waals surface area contributed by atoms with E-state index in [-0.39, 0.29) is 0 Å². The van der Waals surface area contributed by atoms with E-state index in [1.165, 1.54) is 0 Å². The number of hydrogen-bond acceptors (Lipinski definition) is 2. The van der Waals surface area contributed by atoms with E-state index >= 15 is 0 Å². The van der Waals surface area contributed by atoms with Crippen LogP contribution in [0.4, 0.5) is 0 Å². The number of allylic oxidation sites excluding steroid dienone is 2. The predicted molar refractivity (Wildman–Crippen MR) is 23.2 cm³/mol.